The summed E-state index contributed by atoms with van der Waals surface area (Å²) >= 11 is 0. The van der Waals surface area contributed by atoms with Crippen molar-refractivity contribution in [3.05, 3.63) is 71.5 Å². The molecule has 2 aliphatic rings. The number of benzene rings is 2. The quantitative estimate of drug-likeness (QED) is 0.513. The molecule has 1 aromatic heterocycles. The van der Waals surface area contributed by atoms with Crippen LogP contribution in [-0.4, -0.2) is 76.3 Å². The summed E-state index contributed by atoms with van der Waals surface area (Å²) in [6.07, 6.45) is 6.44. The van der Waals surface area contributed by atoms with Gasteiger partial charge in [0.2, 0.25) is 0 Å². The van der Waals surface area contributed by atoms with Gasteiger partial charge < -0.3 is 4.90 Å². The molecule has 5 rings (SSSR count). The number of hydrogen-bond donors (Lipinski definition) is 0. The summed E-state index contributed by atoms with van der Waals surface area (Å²) in [5.74, 6) is 0.947. The molecule has 1 atom stereocenters. The average molecular weight is 460 g/mol. The molecule has 0 radical (unpaired) electrons. The number of aromatic nitrogens is 4. The van der Waals surface area contributed by atoms with Crippen LogP contribution in [-0.2, 0) is 13.0 Å². The number of anilines is 1. The molecular formula is C27H37N7. The fourth-order valence-electron chi connectivity index (χ4n) is 5.55. The van der Waals surface area contributed by atoms with Crippen molar-refractivity contribution in [1.82, 2.24) is 30.0 Å². The van der Waals surface area contributed by atoms with Crippen LogP contribution in [0.25, 0.3) is 0 Å². The first-order chi connectivity index (χ1) is 16.7. The van der Waals surface area contributed by atoms with Crippen LogP contribution in [0.4, 0.5) is 5.69 Å². The number of tetrazole rings is 1. The summed E-state index contributed by atoms with van der Waals surface area (Å²) < 4.78 is 2.01. The van der Waals surface area contributed by atoms with Gasteiger partial charge in [0.1, 0.15) is 0 Å². The van der Waals surface area contributed by atoms with Crippen molar-refractivity contribution >= 4 is 5.69 Å². The highest BCUT2D eigenvalue weighted by molar-refractivity contribution is 5.47. The van der Waals surface area contributed by atoms with E-state index < -0.39 is 0 Å². The summed E-state index contributed by atoms with van der Waals surface area (Å²) in [5, 5.41) is 13.1. The summed E-state index contributed by atoms with van der Waals surface area (Å²) in [6.45, 7) is 5.12. The highest BCUT2D eigenvalue weighted by Gasteiger charge is 2.33. The molecule has 1 aliphatic carbocycles. The maximum absolute atomic E-state index is 4.57. The smallest absolute Gasteiger partial charge is 0.173 e. The van der Waals surface area contributed by atoms with Crippen LogP contribution in [0.3, 0.4) is 0 Å². The van der Waals surface area contributed by atoms with E-state index in [9.17, 15) is 0 Å². The van der Waals surface area contributed by atoms with Crippen molar-refractivity contribution in [1.29, 1.82) is 0 Å². The number of rotatable bonds is 8. The van der Waals surface area contributed by atoms with E-state index in [4.69, 9.17) is 0 Å². The van der Waals surface area contributed by atoms with E-state index in [1.807, 2.05) is 4.68 Å². The second kappa shape index (κ2) is 10.7. The summed E-state index contributed by atoms with van der Waals surface area (Å²) in [6, 6.07) is 20.3. The van der Waals surface area contributed by atoms with E-state index in [2.05, 4.69) is 98.9 Å². The Balaban J connectivity index is 1.38. The Morgan fingerprint density at radius 3 is 2.29 bits per heavy atom. The minimum atomic E-state index is 0.0627. The maximum Gasteiger partial charge on any atom is 0.173 e. The van der Waals surface area contributed by atoms with Gasteiger partial charge >= 0.3 is 0 Å². The molecule has 180 valence electrons. The Kier molecular flexibility index (Phi) is 7.21. The highest BCUT2D eigenvalue weighted by Crippen LogP contribution is 2.31. The van der Waals surface area contributed by atoms with Gasteiger partial charge in [0.05, 0.1) is 6.04 Å². The van der Waals surface area contributed by atoms with Crippen LogP contribution in [0.15, 0.2) is 54.6 Å². The van der Waals surface area contributed by atoms with E-state index in [1.165, 1.54) is 42.5 Å². The van der Waals surface area contributed by atoms with Crippen LogP contribution in [0.2, 0.25) is 0 Å². The van der Waals surface area contributed by atoms with Crippen molar-refractivity contribution in [2.24, 2.45) is 0 Å². The molecule has 0 N–H and O–H groups in total. The van der Waals surface area contributed by atoms with Gasteiger partial charge in [-0.05, 0) is 52.9 Å². The van der Waals surface area contributed by atoms with Crippen LogP contribution in [0, 0.1) is 0 Å². The lowest BCUT2D eigenvalue weighted by atomic mass is 10.0. The fraction of sp³-hybridized carbons (Fsp3) is 0.519. The third-order valence-electron chi connectivity index (χ3n) is 7.54. The zero-order valence-corrected chi connectivity index (χ0v) is 20.6. The van der Waals surface area contributed by atoms with Crippen LogP contribution < -0.4 is 4.90 Å². The molecule has 0 amide bonds. The topological polar surface area (TPSA) is 53.3 Å². The van der Waals surface area contributed by atoms with E-state index >= 15 is 0 Å². The second-order valence-electron chi connectivity index (χ2n) is 9.89. The zero-order chi connectivity index (χ0) is 23.3. The van der Waals surface area contributed by atoms with Crippen molar-refractivity contribution in [2.45, 2.75) is 50.7 Å². The molecule has 2 aromatic carbocycles. The van der Waals surface area contributed by atoms with Gasteiger partial charge in [0.15, 0.2) is 5.82 Å². The predicted octanol–water partition coefficient (Wildman–Crippen LogP) is 3.63. The SMILES string of the molecule is CN(C)c1ccc(C(c2nnnn2CCc2ccccc2)N2CCN(C3CCCC3)CC2)cc1. The second-order valence-corrected chi connectivity index (χ2v) is 9.89. The molecule has 1 saturated heterocycles. The number of aryl methyl sites for hydroxylation is 2. The minimum absolute atomic E-state index is 0.0627. The number of piperazine rings is 1. The van der Waals surface area contributed by atoms with Gasteiger partial charge in [-0.15, -0.1) is 5.10 Å². The molecule has 2 heterocycles. The lowest BCUT2D eigenvalue weighted by molar-refractivity contribution is 0.0770. The highest BCUT2D eigenvalue weighted by atomic mass is 15.6. The number of hydrogen-bond acceptors (Lipinski definition) is 6. The van der Waals surface area contributed by atoms with E-state index in [0.29, 0.717) is 0 Å². The first-order valence-corrected chi connectivity index (χ1v) is 12.7. The van der Waals surface area contributed by atoms with E-state index in [1.54, 1.807) is 0 Å². The first kappa shape index (κ1) is 23.0. The Labute approximate surface area is 203 Å². The standard InChI is InChI=1S/C27H37N7/c1-31(2)24-14-12-23(13-15-24)26(33-20-18-32(19-21-33)25-10-6-7-11-25)27-28-29-30-34(27)17-16-22-8-4-3-5-9-22/h3-5,8-9,12-15,25-26H,6-7,10-11,16-21H2,1-2H3. The van der Waals surface area contributed by atoms with Crippen LogP contribution in [0.5, 0.6) is 0 Å². The lowest BCUT2D eigenvalue weighted by Gasteiger charge is -2.41. The first-order valence-electron chi connectivity index (χ1n) is 12.7. The van der Waals surface area contributed by atoms with Crippen molar-refractivity contribution in [2.75, 3.05) is 45.2 Å². The molecule has 7 nitrogen and oxygen atoms in total. The summed E-state index contributed by atoms with van der Waals surface area (Å²) in [5.41, 5.74) is 3.77. The normalized spacial score (nSPS) is 18.9. The van der Waals surface area contributed by atoms with Gasteiger partial charge in [-0.2, -0.15) is 0 Å². The summed E-state index contributed by atoms with van der Waals surface area (Å²) in [7, 11) is 4.16. The molecule has 0 spiro atoms. The summed E-state index contributed by atoms with van der Waals surface area (Å²) in [4.78, 5) is 7.44. The lowest BCUT2D eigenvalue weighted by Crippen LogP contribution is -2.51. The molecule has 0 bridgehead atoms. The molecule has 34 heavy (non-hydrogen) atoms. The van der Waals surface area contributed by atoms with E-state index in [-0.39, 0.29) is 6.04 Å². The van der Waals surface area contributed by atoms with Crippen molar-refractivity contribution < 1.29 is 0 Å². The average Bonchev–Trinajstić information content (AvgIpc) is 3.57. The Morgan fingerprint density at radius 1 is 0.912 bits per heavy atom. The molecule has 2 fully saturated rings. The van der Waals surface area contributed by atoms with Gasteiger partial charge in [0.25, 0.3) is 0 Å². The van der Waals surface area contributed by atoms with Gasteiger partial charge in [-0.1, -0.05) is 55.3 Å². The Bertz CT molecular complexity index is 1020. The monoisotopic (exact) mass is 459 g/mol. The fourth-order valence-corrected chi connectivity index (χ4v) is 5.55. The van der Waals surface area contributed by atoms with Gasteiger partial charge in [-0.3, -0.25) is 9.80 Å². The number of nitrogens with zero attached hydrogens (tertiary/aromatic N) is 7. The van der Waals surface area contributed by atoms with Gasteiger partial charge in [-0.25, -0.2) is 4.68 Å². The predicted molar refractivity (Wildman–Crippen MR) is 136 cm³/mol. The molecule has 1 unspecified atom stereocenters. The third kappa shape index (κ3) is 5.15. The molecule has 3 aromatic rings. The maximum atomic E-state index is 4.57. The van der Waals surface area contributed by atoms with Crippen molar-refractivity contribution in [3.63, 3.8) is 0 Å². The molecular weight excluding hydrogens is 422 g/mol. The Morgan fingerprint density at radius 2 is 1.62 bits per heavy atom. The largest absolute Gasteiger partial charge is 0.378 e. The molecule has 1 saturated carbocycles. The Hall–Kier alpha value is -2.77. The molecule has 7 heteroatoms. The van der Waals surface area contributed by atoms with Crippen LogP contribution >= 0.6 is 0 Å². The van der Waals surface area contributed by atoms with Gasteiger partial charge in [0, 0.05) is 58.5 Å². The van der Waals surface area contributed by atoms with Crippen molar-refractivity contribution in [3.8, 4) is 0 Å². The minimum Gasteiger partial charge on any atom is -0.378 e. The third-order valence-corrected chi connectivity index (χ3v) is 7.54. The molecule has 1 aliphatic heterocycles. The zero-order valence-electron chi connectivity index (χ0n) is 20.6. The van der Waals surface area contributed by atoms with Crippen LogP contribution in [0.1, 0.15) is 48.7 Å². The van der Waals surface area contributed by atoms with E-state index in [0.717, 1.165) is 51.0 Å².